The zero-order valence-corrected chi connectivity index (χ0v) is 8.95. The topological polar surface area (TPSA) is 46.2 Å². The quantitative estimate of drug-likeness (QED) is 0.631. The molecule has 0 radical (unpaired) electrons. The van der Waals surface area contributed by atoms with Crippen molar-refractivity contribution in [2.24, 2.45) is 5.92 Å². The minimum absolute atomic E-state index is 0.240. The third kappa shape index (κ3) is 8.01. The highest BCUT2D eigenvalue weighted by molar-refractivity contribution is 7.90. The standard InChI is InChI=1S/C8H19NO2S/c1-4-8(2)7-9-5-6-12(3,10)11/h8-9H,4-7H2,1-3H3. The molecule has 3 nitrogen and oxygen atoms in total. The fourth-order valence-electron chi connectivity index (χ4n) is 0.750. The van der Waals surface area contributed by atoms with Crippen molar-refractivity contribution in [1.29, 1.82) is 0 Å². The molecule has 0 aliphatic heterocycles. The highest BCUT2D eigenvalue weighted by atomic mass is 32.2. The van der Waals surface area contributed by atoms with Gasteiger partial charge in [0.25, 0.3) is 0 Å². The Balaban J connectivity index is 3.34. The molecule has 0 fully saturated rings. The Morgan fingerprint density at radius 1 is 1.42 bits per heavy atom. The first-order chi connectivity index (χ1) is 5.45. The van der Waals surface area contributed by atoms with Crippen LogP contribution in [0, 0.1) is 5.92 Å². The molecule has 0 bridgehead atoms. The number of sulfone groups is 1. The Morgan fingerprint density at radius 2 is 2.00 bits per heavy atom. The van der Waals surface area contributed by atoms with Crippen LogP contribution in [0.4, 0.5) is 0 Å². The molecule has 4 heteroatoms. The maximum absolute atomic E-state index is 10.7. The van der Waals surface area contributed by atoms with E-state index >= 15 is 0 Å². The molecule has 74 valence electrons. The van der Waals surface area contributed by atoms with Gasteiger partial charge in [-0.1, -0.05) is 20.3 Å². The van der Waals surface area contributed by atoms with E-state index in [2.05, 4.69) is 19.2 Å². The Bertz CT molecular complexity index is 199. The minimum Gasteiger partial charge on any atom is -0.315 e. The van der Waals surface area contributed by atoms with Crippen molar-refractivity contribution in [2.45, 2.75) is 20.3 Å². The second-order valence-electron chi connectivity index (χ2n) is 3.35. The van der Waals surface area contributed by atoms with Gasteiger partial charge in [0, 0.05) is 12.8 Å². The van der Waals surface area contributed by atoms with Gasteiger partial charge in [0.05, 0.1) is 5.75 Å². The predicted octanol–water partition coefficient (Wildman–Crippen LogP) is 0.667. The van der Waals surface area contributed by atoms with Crippen LogP contribution in [-0.2, 0) is 9.84 Å². The first kappa shape index (κ1) is 11.9. The molecule has 0 saturated heterocycles. The van der Waals surface area contributed by atoms with Gasteiger partial charge in [0.2, 0.25) is 0 Å². The molecular formula is C8H19NO2S. The molecular weight excluding hydrogens is 174 g/mol. The van der Waals surface area contributed by atoms with Crippen molar-refractivity contribution < 1.29 is 8.42 Å². The predicted molar refractivity (Wildman–Crippen MR) is 52.0 cm³/mol. The zero-order valence-electron chi connectivity index (χ0n) is 8.13. The largest absolute Gasteiger partial charge is 0.315 e. The maximum atomic E-state index is 10.7. The van der Waals surface area contributed by atoms with Gasteiger partial charge in [-0.15, -0.1) is 0 Å². The monoisotopic (exact) mass is 193 g/mol. The molecule has 0 aromatic rings. The van der Waals surface area contributed by atoms with Crippen LogP contribution in [0.5, 0.6) is 0 Å². The van der Waals surface area contributed by atoms with Gasteiger partial charge in [-0.05, 0) is 12.5 Å². The van der Waals surface area contributed by atoms with Gasteiger partial charge >= 0.3 is 0 Å². The second-order valence-corrected chi connectivity index (χ2v) is 5.61. The number of rotatable bonds is 6. The molecule has 0 amide bonds. The van der Waals surface area contributed by atoms with E-state index in [9.17, 15) is 8.42 Å². The molecule has 0 aliphatic carbocycles. The normalized spacial score (nSPS) is 14.6. The first-order valence-electron chi connectivity index (χ1n) is 4.34. The van der Waals surface area contributed by atoms with Crippen molar-refractivity contribution in [3.63, 3.8) is 0 Å². The molecule has 0 saturated carbocycles. The number of hydrogen-bond donors (Lipinski definition) is 1. The average molecular weight is 193 g/mol. The number of hydrogen-bond acceptors (Lipinski definition) is 3. The molecule has 0 aromatic carbocycles. The Kier molecular flexibility index (Phi) is 5.50. The van der Waals surface area contributed by atoms with Crippen molar-refractivity contribution in [1.82, 2.24) is 5.32 Å². The van der Waals surface area contributed by atoms with Gasteiger partial charge in [-0.2, -0.15) is 0 Å². The first-order valence-corrected chi connectivity index (χ1v) is 6.40. The highest BCUT2D eigenvalue weighted by Crippen LogP contribution is 1.96. The summed E-state index contributed by atoms with van der Waals surface area (Å²) < 4.78 is 21.4. The lowest BCUT2D eigenvalue weighted by molar-refractivity contribution is 0.508. The number of nitrogens with one attached hydrogen (secondary N) is 1. The van der Waals surface area contributed by atoms with Gasteiger partial charge in [0.1, 0.15) is 9.84 Å². The van der Waals surface area contributed by atoms with Crippen molar-refractivity contribution in [3.8, 4) is 0 Å². The van der Waals surface area contributed by atoms with Crippen molar-refractivity contribution >= 4 is 9.84 Å². The molecule has 0 aromatic heterocycles. The lowest BCUT2D eigenvalue weighted by Crippen LogP contribution is -2.26. The van der Waals surface area contributed by atoms with Crippen LogP contribution in [0.15, 0.2) is 0 Å². The van der Waals surface area contributed by atoms with E-state index in [0.29, 0.717) is 12.5 Å². The molecule has 0 aliphatic rings. The van der Waals surface area contributed by atoms with Gasteiger partial charge in [-0.25, -0.2) is 8.42 Å². The van der Waals surface area contributed by atoms with E-state index in [1.807, 2.05) is 0 Å². The summed E-state index contributed by atoms with van der Waals surface area (Å²) in [5.74, 6) is 0.869. The summed E-state index contributed by atoms with van der Waals surface area (Å²) in [6.45, 7) is 5.76. The summed E-state index contributed by atoms with van der Waals surface area (Å²) in [4.78, 5) is 0. The summed E-state index contributed by atoms with van der Waals surface area (Å²) in [5, 5.41) is 3.11. The van der Waals surface area contributed by atoms with Gasteiger partial charge in [-0.3, -0.25) is 0 Å². The van der Waals surface area contributed by atoms with E-state index in [1.54, 1.807) is 0 Å². The van der Waals surface area contributed by atoms with Crippen LogP contribution in [0.1, 0.15) is 20.3 Å². The Labute approximate surface area is 75.5 Å². The lowest BCUT2D eigenvalue weighted by Gasteiger charge is -2.08. The van der Waals surface area contributed by atoms with E-state index in [0.717, 1.165) is 13.0 Å². The summed E-state index contributed by atoms with van der Waals surface area (Å²) in [6.07, 6.45) is 2.39. The van der Waals surface area contributed by atoms with E-state index in [1.165, 1.54) is 6.26 Å². The molecule has 12 heavy (non-hydrogen) atoms. The summed E-state index contributed by atoms with van der Waals surface area (Å²) in [5.41, 5.74) is 0. The lowest BCUT2D eigenvalue weighted by atomic mass is 10.1. The van der Waals surface area contributed by atoms with Crippen LogP contribution >= 0.6 is 0 Å². The Hall–Kier alpha value is -0.0900. The fraction of sp³-hybridized carbons (Fsp3) is 1.00. The molecule has 0 rings (SSSR count). The molecule has 0 spiro atoms. The summed E-state index contributed by atoms with van der Waals surface area (Å²) >= 11 is 0. The molecule has 1 unspecified atom stereocenters. The van der Waals surface area contributed by atoms with E-state index in [-0.39, 0.29) is 5.75 Å². The van der Waals surface area contributed by atoms with Crippen LogP contribution in [0.3, 0.4) is 0 Å². The van der Waals surface area contributed by atoms with Gasteiger partial charge < -0.3 is 5.32 Å². The van der Waals surface area contributed by atoms with Crippen molar-refractivity contribution in [3.05, 3.63) is 0 Å². The van der Waals surface area contributed by atoms with Crippen LogP contribution in [-0.4, -0.2) is 33.5 Å². The minimum atomic E-state index is -2.79. The van der Waals surface area contributed by atoms with Crippen molar-refractivity contribution in [2.75, 3.05) is 25.1 Å². The van der Waals surface area contributed by atoms with Crippen LogP contribution < -0.4 is 5.32 Å². The third-order valence-corrected chi connectivity index (χ3v) is 2.79. The smallest absolute Gasteiger partial charge is 0.148 e. The molecule has 0 heterocycles. The second kappa shape index (κ2) is 5.54. The van der Waals surface area contributed by atoms with Crippen LogP contribution in [0.25, 0.3) is 0 Å². The third-order valence-electron chi connectivity index (χ3n) is 1.84. The van der Waals surface area contributed by atoms with Gasteiger partial charge in [0.15, 0.2) is 0 Å². The molecule has 1 N–H and O–H groups in total. The van der Waals surface area contributed by atoms with E-state index < -0.39 is 9.84 Å². The fourth-order valence-corrected chi connectivity index (χ4v) is 1.27. The summed E-state index contributed by atoms with van der Waals surface area (Å²) in [6, 6.07) is 0. The maximum Gasteiger partial charge on any atom is 0.148 e. The zero-order chi connectivity index (χ0) is 9.61. The Morgan fingerprint density at radius 3 is 2.42 bits per heavy atom. The SMILES string of the molecule is CCC(C)CNCCS(C)(=O)=O. The molecule has 1 atom stereocenters. The van der Waals surface area contributed by atoms with Crippen LogP contribution in [0.2, 0.25) is 0 Å². The summed E-state index contributed by atoms with van der Waals surface area (Å²) in [7, 11) is -2.79. The average Bonchev–Trinajstić information content (AvgIpc) is 1.96. The van der Waals surface area contributed by atoms with E-state index in [4.69, 9.17) is 0 Å². The highest BCUT2D eigenvalue weighted by Gasteiger charge is 2.01.